The Morgan fingerprint density at radius 3 is 2.69 bits per heavy atom. The predicted octanol–water partition coefficient (Wildman–Crippen LogP) is 4.70. The number of nitrogens with one attached hydrogen (secondary N) is 1. The number of carbonyl (C=O) groups is 1. The van der Waals surface area contributed by atoms with Crippen LogP contribution < -0.4 is 10.2 Å². The summed E-state index contributed by atoms with van der Waals surface area (Å²) in [5, 5.41) is 5.07. The molecule has 0 spiro atoms. The van der Waals surface area contributed by atoms with Gasteiger partial charge in [-0.1, -0.05) is 0 Å². The molecule has 0 bridgehead atoms. The fourth-order valence-corrected chi connectivity index (χ4v) is 4.64. The molecule has 0 saturated carbocycles. The molecular weight excluding hydrogens is 424 g/mol. The van der Waals surface area contributed by atoms with Gasteiger partial charge in [0.05, 0.1) is 25.1 Å². The number of hydrogen-bond donors (Lipinski definition) is 1. The van der Waals surface area contributed by atoms with Crippen LogP contribution in [0.1, 0.15) is 33.4 Å². The van der Waals surface area contributed by atoms with E-state index in [1.54, 1.807) is 13.3 Å². The zero-order valence-corrected chi connectivity index (χ0v) is 19.0. The molecule has 0 saturated heterocycles. The van der Waals surface area contributed by atoms with E-state index in [4.69, 9.17) is 9.47 Å². The molecule has 4 aromatic rings. The molecule has 0 aliphatic rings. The van der Waals surface area contributed by atoms with Crippen molar-refractivity contribution >= 4 is 33.7 Å². The lowest BCUT2D eigenvalue weighted by molar-refractivity contribution is 0.0959. The first kappa shape index (κ1) is 21.7. The van der Waals surface area contributed by atoms with Crippen molar-refractivity contribution in [3.63, 3.8) is 0 Å². The molecule has 3 aromatic heterocycles. The summed E-state index contributed by atoms with van der Waals surface area (Å²) in [5.41, 5.74) is 6.16. The molecule has 1 amide bonds. The summed E-state index contributed by atoms with van der Waals surface area (Å²) < 4.78 is 12.8. The van der Waals surface area contributed by atoms with Crippen LogP contribution in [0.15, 0.2) is 60.0 Å². The maximum atomic E-state index is 13.1. The number of nitrogens with zero attached hydrogens (tertiary/aromatic N) is 3. The Balaban J connectivity index is 1.66. The normalized spacial score (nSPS) is 11.3. The third kappa shape index (κ3) is 4.56. The second-order valence-electron chi connectivity index (χ2n) is 7.11. The van der Waals surface area contributed by atoms with Crippen molar-refractivity contribution in [2.45, 2.75) is 20.5 Å². The number of fused-ring (bicyclic) bond motifs is 1. The molecule has 0 atom stereocenters. The smallest absolute Gasteiger partial charge is 0.283 e. The highest BCUT2D eigenvalue weighted by atomic mass is 32.1. The van der Waals surface area contributed by atoms with E-state index >= 15 is 0 Å². The number of ether oxygens (including phenoxy) is 2. The molecule has 0 aliphatic carbocycles. The first-order valence-electron chi connectivity index (χ1n) is 10.2. The Hall–Kier alpha value is -3.49. The zero-order chi connectivity index (χ0) is 22.5. The standard InChI is InChI=1S/C24H24N4O3S/c1-4-31-19-9-7-17(8-10-19)14-25-27-23(29)22-21(28-11-5-6-12-28)20-18(15-30-3)13-16(2)26-24(20)32-22/h5-14H,4,15H2,1-3H3,(H,27,29)/b25-14-. The van der Waals surface area contributed by atoms with Gasteiger partial charge >= 0.3 is 0 Å². The van der Waals surface area contributed by atoms with Crippen molar-refractivity contribution in [2.24, 2.45) is 5.10 Å². The van der Waals surface area contributed by atoms with Crippen LogP contribution in [0.5, 0.6) is 5.75 Å². The fourth-order valence-electron chi connectivity index (χ4n) is 3.48. The first-order chi connectivity index (χ1) is 15.6. The average Bonchev–Trinajstić information content (AvgIpc) is 3.43. The van der Waals surface area contributed by atoms with E-state index in [9.17, 15) is 4.79 Å². The van der Waals surface area contributed by atoms with Crippen molar-refractivity contribution in [1.82, 2.24) is 15.0 Å². The average molecular weight is 449 g/mol. The van der Waals surface area contributed by atoms with Crippen LogP contribution in [0.25, 0.3) is 15.9 Å². The number of aromatic nitrogens is 2. The van der Waals surface area contributed by atoms with Crippen LogP contribution in [0, 0.1) is 6.92 Å². The highest BCUT2D eigenvalue weighted by molar-refractivity contribution is 7.21. The van der Waals surface area contributed by atoms with Gasteiger partial charge < -0.3 is 14.0 Å². The molecule has 32 heavy (non-hydrogen) atoms. The van der Waals surface area contributed by atoms with E-state index in [1.807, 2.05) is 73.3 Å². The van der Waals surface area contributed by atoms with Gasteiger partial charge in [-0.2, -0.15) is 5.10 Å². The van der Waals surface area contributed by atoms with E-state index in [0.29, 0.717) is 18.1 Å². The van der Waals surface area contributed by atoms with Crippen molar-refractivity contribution < 1.29 is 14.3 Å². The molecule has 0 fully saturated rings. The summed E-state index contributed by atoms with van der Waals surface area (Å²) in [7, 11) is 1.66. The lowest BCUT2D eigenvalue weighted by atomic mass is 10.1. The topological polar surface area (TPSA) is 77.7 Å². The fraction of sp³-hybridized carbons (Fsp3) is 0.208. The van der Waals surface area contributed by atoms with Gasteiger partial charge in [0.25, 0.3) is 5.91 Å². The first-order valence-corrected chi connectivity index (χ1v) is 11.0. The van der Waals surface area contributed by atoms with Gasteiger partial charge in [0.15, 0.2) is 0 Å². The zero-order valence-electron chi connectivity index (χ0n) is 18.2. The van der Waals surface area contributed by atoms with Gasteiger partial charge in [0, 0.05) is 30.6 Å². The third-order valence-electron chi connectivity index (χ3n) is 4.79. The lowest BCUT2D eigenvalue weighted by Crippen LogP contribution is -2.18. The van der Waals surface area contributed by atoms with E-state index in [0.717, 1.165) is 38.5 Å². The number of aryl methyl sites for hydroxylation is 1. The Morgan fingerprint density at radius 1 is 1.25 bits per heavy atom. The van der Waals surface area contributed by atoms with Gasteiger partial charge in [-0.25, -0.2) is 10.4 Å². The minimum absolute atomic E-state index is 0.292. The second-order valence-corrected chi connectivity index (χ2v) is 8.11. The molecule has 1 N–H and O–H groups in total. The highest BCUT2D eigenvalue weighted by Gasteiger charge is 2.23. The number of rotatable bonds is 8. The molecular formula is C24H24N4O3S. The number of amides is 1. The van der Waals surface area contributed by atoms with Crippen LogP contribution in [0.3, 0.4) is 0 Å². The predicted molar refractivity (Wildman–Crippen MR) is 127 cm³/mol. The summed E-state index contributed by atoms with van der Waals surface area (Å²) in [5.74, 6) is 0.505. The third-order valence-corrected chi connectivity index (χ3v) is 5.86. The van der Waals surface area contributed by atoms with E-state index in [1.165, 1.54) is 11.3 Å². The van der Waals surface area contributed by atoms with Crippen LogP contribution in [-0.4, -0.2) is 35.4 Å². The van der Waals surface area contributed by atoms with Crippen molar-refractivity contribution in [2.75, 3.05) is 13.7 Å². The lowest BCUT2D eigenvalue weighted by Gasteiger charge is -2.09. The van der Waals surface area contributed by atoms with Crippen LogP contribution >= 0.6 is 11.3 Å². The number of benzene rings is 1. The molecule has 3 heterocycles. The number of hydrogen-bond acceptors (Lipinski definition) is 6. The largest absolute Gasteiger partial charge is 0.494 e. The molecule has 164 valence electrons. The van der Waals surface area contributed by atoms with E-state index in [2.05, 4.69) is 15.5 Å². The van der Waals surface area contributed by atoms with E-state index in [-0.39, 0.29) is 5.91 Å². The van der Waals surface area contributed by atoms with Crippen molar-refractivity contribution in [1.29, 1.82) is 0 Å². The molecule has 8 heteroatoms. The maximum absolute atomic E-state index is 13.1. The SMILES string of the molecule is CCOc1ccc(/C=N\NC(=O)c2sc3nc(C)cc(COC)c3c2-n2cccc2)cc1. The van der Waals surface area contributed by atoms with Crippen molar-refractivity contribution in [3.05, 3.63) is 76.6 Å². The molecule has 4 rings (SSSR count). The summed E-state index contributed by atoms with van der Waals surface area (Å²) in [6, 6.07) is 13.4. The monoisotopic (exact) mass is 448 g/mol. The summed E-state index contributed by atoms with van der Waals surface area (Å²) in [6.07, 6.45) is 5.44. The number of carbonyl (C=O) groups excluding carboxylic acids is 1. The Labute approximate surface area is 190 Å². The summed E-state index contributed by atoms with van der Waals surface area (Å²) in [6.45, 7) is 4.93. The molecule has 0 unspecified atom stereocenters. The van der Waals surface area contributed by atoms with Gasteiger partial charge in [0.2, 0.25) is 0 Å². The summed E-state index contributed by atoms with van der Waals surface area (Å²) >= 11 is 1.35. The summed E-state index contributed by atoms with van der Waals surface area (Å²) in [4.78, 5) is 19.1. The van der Waals surface area contributed by atoms with Gasteiger partial charge in [0.1, 0.15) is 15.5 Å². The van der Waals surface area contributed by atoms with Crippen LogP contribution in [0.4, 0.5) is 0 Å². The number of pyridine rings is 1. The molecule has 1 aromatic carbocycles. The van der Waals surface area contributed by atoms with Gasteiger partial charge in [-0.15, -0.1) is 11.3 Å². The Kier molecular flexibility index (Phi) is 6.63. The molecule has 0 radical (unpaired) electrons. The highest BCUT2D eigenvalue weighted by Crippen LogP contribution is 2.36. The minimum Gasteiger partial charge on any atom is -0.494 e. The quantitative estimate of drug-likeness (QED) is 0.313. The van der Waals surface area contributed by atoms with E-state index < -0.39 is 0 Å². The van der Waals surface area contributed by atoms with Crippen LogP contribution in [-0.2, 0) is 11.3 Å². The molecule has 7 nitrogen and oxygen atoms in total. The second kappa shape index (κ2) is 9.76. The van der Waals surface area contributed by atoms with Gasteiger partial charge in [-0.05, 0) is 67.4 Å². The van der Waals surface area contributed by atoms with Crippen LogP contribution in [0.2, 0.25) is 0 Å². The Morgan fingerprint density at radius 2 is 2.00 bits per heavy atom. The molecule has 0 aliphatic heterocycles. The Bertz CT molecular complexity index is 1240. The minimum atomic E-state index is -0.292. The van der Waals surface area contributed by atoms with Gasteiger partial charge in [-0.3, -0.25) is 4.79 Å². The number of methoxy groups -OCH3 is 1. The number of hydrazone groups is 1. The maximum Gasteiger partial charge on any atom is 0.283 e. The van der Waals surface area contributed by atoms with Crippen molar-refractivity contribution in [3.8, 4) is 11.4 Å². The number of thiophene rings is 1.